The normalized spacial score (nSPS) is 11.2. The standard InChI is InChI=1S/C21H27N.C12H24.C3H6F2.2C2H6/c1-6-9-20(19-11-8-7-10-16(19)3)17(4)18(5)21-13-12-15(2)14-22-21;1-3-5-7-9-11-12-10-8-6-4-2;1-2-3(4)5;2*1-2/h7-8,10-14,18H,6,9H2,1-5H3;3H,1,4-12H2,2H3;3H,2H2,1H3;2*1-2H3/b20-17+;;;;. The van der Waals surface area contributed by atoms with Crippen LogP contribution in [0.15, 0.2) is 60.8 Å². The van der Waals surface area contributed by atoms with Gasteiger partial charge < -0.3 is 0 Å². The quantitative estimate of drug-likeness (QED) is 0.146. The van der Waals surface area contributed by atoms with Gasteiger partial charge in [0.1, 0.15) is 0 Å². The smallest absolute Gasteiger partial charge is 0.238 e. The number of hydrogen-bond acceptors (Lipinski definition) is 1. The minimum Gasteiger partial charge on any atom is -0.260 e. The molecule has 0 spiro atoms. The van der Waals surface area contributed by atoms with Gasteiger partial charge in [0.15, 0.2) is 0 Å². The van der Waals surface area contributed by atoms with Crippen LogP contribution in [0.5, 0.6) is 0 Å². The third kappa shape index (κ3) is 23.8. The summed E-state index contributed by atoms with van der Waals surface area (Å²) in [5, 5.41) is 0. The highest BCUT2D eigenvalue weighted by Gasteiger charge is 2.15. The van der Waals surface area contributed by atoms with Crippen LogP contribution in [0.3, 0.4) is 0 Å². The molecule has 0 amide bonds. The first-order valence-corrected chi connectivity index (χ1v) is 17.3. The van der Waals surface area contributed by atoms with Crippen LogP contribution in [-0.2, 0) is 0 Å². The lowest BCUT2D eigenvalue weighted by atomic mass is 9.86. The van der Waals surface area contributed by atoms with E-state index >= 15 is 0 Å². The van der Waals surface area contributed by atoms with Crippen molar-refractivity contribution in [1.82, 2.24) is 4.98 Å². The first kappa shape index (κ1) is 45.1. The number of aromatic nitrogens is 1. The molecule has 2 aromatic rings. The third-order valence-electron chi connectivity index (χ3n) is 7.04. The topological polar surface area (TPSA) is 12.9 Å². The van der Waals surface area contributed by atoms with Gasteiger partial charge in [-0.2, -0.15) is 0 Å². The Kier molecular flexibility index (Phi) is 34.2. The van der Waals surface area contributed by atoms with Gasteiger partial charge in [0.2, 0.25) is 6.43 Å². The summed E-state index contributed by atoms with van der Waals surface area (Å²) in [6.07, 6.45) is 16.6. The van der Waals surface area contributed by atoms with E-state index in [-0.39, 0.29) is 6.42 Å². The molecule has 0 saturated carbocycles. The molecule has 1 nitrogen and oxygen atoms in total. The molecule has 0 saturated heterocycles. The summed E-state index contributed by atoms with van der Waals surface area (Å²) >= 11 is 0. The van der Waals surface area contributed by atoms with Gasteiger partial charge in [-0.05, 0) is 68.4 Å². The van der Waals surface area contributed by atoms with Crippen molar-refractivity contribution in [1.29, 1.82) is 0 Å². The summed E-state index contributed by atoms with van der Waals surface area (Å²) < 4.78 is 21.5. The van der Waals surface area contributed by atoms with Gasteiger partial charge in [0.05, 0.1) is 0 Å². The third-order valence-corrected chi connectivity index (χ3v) is 7.04. The molecule has 3 heteroatoms. The molecule has 1 aromatic carbocycles. The van der Waals surface area contributed by atoms with E-state index in [4.69, 9.17) is 0 Å². The van der Waals surface area contributed by atoms with E-state index < -0.39 is 6.43 Å². The van der Waals surface area contributed by atoms with Gasteiger partial charge in [0, 0.05) is 24.2 Å². The highest BCUT2D eigenvalue weighted by atomic mass is 19.3. The Morgan fingerprint density at radius 3 is 1.79 bits per heavy atom. The molecule has 0 aliphatic heterocycles. The van der Waals surface area contributed by atoms with Crippen molar-refractivity contribution in [2.75, 3.05) is 0 Å². The zero-order chi connectivity index (χ0) is 33.5. The monoisotopic (exact) mass is 602 g/mol. The Morgan fingerprint density at radius 2 is 1.35 bits per heavy atom. The van der Waals surface area contributed by atoms with Crippen LogP contribution < -0.4 is 0 Å². The lowest BCUT2D eigenvalue weighted by Crippen LogP contribution is -2.03. The average Bonchev–Trinajstić information content (AvgIpc) is 3.04. The minimum absolute atomic E-state index is 0.0278. The number of alkyl halides is 2. The fraction of sp³-hybridized carbons (Fsp3) is 0.625. The SMILES string of the molecule is C=CCCCCCCCCCC.CC.CC.CCC(F)F.CCC/C(=C(/C)C(C)c1ccc(C)cn1)c1ccccc1C. The van der Waals surface area contributed by atoms with Crippen LogP contribution >= 0.6 is 0 Å². The number of benzene rings is 1. The van der Waals surface area contributed by atoms with Crippen LogP contribution in [0.25, 0.3) is 5.57 Å². The molecular weight excluding hydrogens is 532 g/mol. The summed E-state index contributed by atoms with van der Waals surface area (Å²) in [5.41, 5.74) is 8.04. The number of hydrogen-bond donors (Lipinski definition) is 0. The van der Waals surface area contributed by atoms with Crippen molar-refractivity contribution in [2.24, 2.45) is 0 Å². The van der Waals surface area contributed by atoms with E-state index in [1.165, 1.54) is 92.5 Å². The summed E-state index contributed by atoms with van der Waals surface area (Å²) in [6, 6.07) is 13.0. The summed E-state index contributed by atoms with van der Waals surface area (Å²) in [6.45, 7) is 26.5. The molecule has 1 unspecified atom stereocenters. The van der Waals surface area contributed by atoms with E-state index in [0.29, 0.717) is 5.92 Å². The van der Waals surface area contributed by atoms with Gasteiger partial charge in [-0.25, -0.2) is 8.78 Å². The van der Waals surface area contributed by atoms with Gasteiger partial charge in [-0.15, -0.1) is 6.58 Å². The number of allylic oxidation sites excluding steroid dienone is 3. The molecule has 0 aliphatic carbocycles. The van der Waals surface area contributed by atoms with E-state index in [1.807, 2.05) is 40.0 Å². The Bertz CT molecular complexity index is 899. The Labute approximate surface area is 267 Å². The Balaban J connectivity index is -0.000000642. The van der Waals surface area contributed by atoms with Crippen LogP contribution in [0.4, 0.5) is 8.78 Å². The van der Waals surface area contributed by atoms with Crippen LogP contribution in [0.2, 0.25) is 0 Å². The summed E-state index contributed by atoms with van der Waals surface area (Å²) in [5.74, 6) is 0.349. The molecule has 0 aliphatic rings. The van der Waals surface area contributed by atoms with Crippen molar-refractivity contribution in [3.05, 3.63) is 83.2 Å². The molecule has 0 bridgehead atoms. The van der Waals surface area contributed by atoms with Gasteiger partial charge in [-0.3, -0.25) is 4.98 Å². The van der Waals surface area contributed by atoms with Gasteiger partial charge in [-0.1, -0.05) is 149 Å². The van der Waals surface area contributed by atoms with E-state index in [1.54, 1.807) is 0 Å². The van der Waals surface area contributed by atoms with Gasteiger partial charge in [0.25, 0.3) is 0 Å². The Hall–Kier alpha value is -2.29. The lowest BCUT2D eigenvalue weighted by Gasteiger charge is -2.19. The molecule has 1 atom stereocenters. The highest BCUT2D eigenvalue weighted by molar-refractivity contribution is 5.71. The molecule has 1 heterocycles. The maximum absolute atomic E-state index is 10.8. The average molecular weight is 602 g/mol. The molecule has 248 valence electrons. The number of halogens is 2. The molecule has 43 heavy (non-hydrogen) atoms. The summed E-state index contributed by atoms with van der Waals surface area (Å²) in [4.78, 5) is 4.62. The van der Waals surface area contributed by atoms with Crippen molar-refractivity contribution >= 4 is 5.57 Å². The predicted octanol–water partition coefficient (Wildman–Crippen LogP) is 14.5. The summed E-state index contributed by atoms with van der Waals surface area (Å²) in [7, 11) is 0. The molecular formula is C40H69F2N. The molecule has 2 rings (SSSR count). The van der Waals surface area contributed by atoms with Crippen molar-refractivity contribution in [3.8, 4) is 0 Å². The molecule has 0 radical (unpaired) electrons. The zero-order valence-corrected chi connectivity index (χ0v) is 30.2. The number of nitrogens with zero attached hydrogens (tertiary/aromatic N) is 1. The fourth-order valence-electron chi connectivity index (χ4n) is 4.35. The highest BCUT2D eigenvalue weighted by Crippen LogP contribution is 2.33. The van der Waals surface area contributed by atoms with E-state index in [2.05, 4.69) is 89.5 Å². The zero-order valence-electron chi connectivity index (χ0n) is 30.2. The molecule has 0 N–H and O–H groups in total. The Morgan fingerprint density at radius 1 is 0.814 bits per heavy atom. The first-order valence-electron chi connectivity index (χ1n) is 17.3. The first-order chi connectivity index (χ1) is 20.7. The van der Waals surface area contributed by atoms with Crippen LogP contribution in [0.1, 0.15) is 168 Å². The minimum atomic E-state index is -2.12. The second kappa shape index (κ2) is 32.6. The van der Waals surface area contributed by atoms with Gasteiger partial charge >= 0.3 is 0 Å². The maximum Gasteiger partial charge on any atom is 0.238 e. The second-order valence-electron chi connectivity index (χ2n) is 10.6. The number of pyridine rings is 1. The second-order valence-corrected chi connectivity index (χ2v) is 10.6. The number of unbranched alkanes of at least 4 members (excludes halogenated alkanes) is 8. The lowest BCUT2D eigenvalue weighted by molar-refractivity contribution is 0.144. The van der Waals surface area contributed by atoms with Crippen molar-refractivity contribution in [3.63, 3.8) is 0 Å². The molecule has 0 fully saturated rings. The van der Waals surface area contributed by atoms with Crippen molar-refractivity contribution in [2.45, 2.75) is 166 Å². The van der Waals surface area contributed by atoms with Crippen LogP contribution in [-0.4, -0.2) is 11.4 Å². The van der Waals surface area contributed by atoms with E-state index in [0.717, 1.165) is 18.5 Å². The molecule has 1 aromatic heterocycles. The number of aryl methyl sites for hydroxylation is 2. The number of rotatable bonds is 15. The predicted molar refractivity (Wildman–Crippen MR) is 192 cm³/mol. The van der Waals surface area contributed by atoms with Crippen LogP contribution in [0, 0.1) is 13.8 Å². The van der Waals surface area contributed by atoms with E-state index in [9.17, 15) is 8.78 Å². The largest absolute Gasteiger partial charge is 0.260 e. The fourth-order valence-corrected chi connectivity index (χ4v) is 4.35. The van der Waals surface area contributed by atoms with Crippen molar-refractivity contribution < 1.29 is 8.78 Å². The maximum atomic E-state index is 10.8.